The molecule has 2 aliphatic carbocycles. The average molecular weight is 591 g/mol. The number of nitrogens with one attached hydrogen (secondary N) is 3. The largest absolute Gasteiger partial charge is 0.438 e. The summed E-state index contributed by atoms with van der Waals surface area (Å²) in [5.41, 5.74) is 2.21. The standard InChI is InChI=1S/C29H46N6O7/c1-26(2,3)20(32-24(40)33-27(4,5)6)23(39)35-15-29(28(11-12-28)34(7)25(41)42-29)14-18(35)22(38)31-17(19(36)21(30)37)13-16-9-8-10-16/h16-18,20H,8-15H2,1-7H3,(H2,30,37)(H,31,38)(H2,32,33,40)/t17?,18-,20+,29?/m0/s1. The summed E-state index contributed by atoms with van der Waals surface area (Å²) >= 11 is 0. The van der Waals surface area contributed by atoms with Crippen LogP contribution in [0.2, 0.25) is 0 Å². The zero-order chi connectivity index (χ0) is 31.4. The van der Waals surface area contributed by atoms with Crippen LogP contribution in [0.5, 0.6) is 0 Å². The third-order valence-electron chi connectivity index (χ3n) is 9.23. The molecule has 2 heterocycles. The molecule has 6 amide bonds. The van der Waals surface area contributed by atoms with Gasteiger partial charge in [-0.25, -0.2) is 9.59 Å². The summed E-state index contributed by atoms with van der Waals surface area (Å²) in [7, 11) is 1.65. The number of amides is 6. The van der Waals surface area contributed by atoms with Crippen molar-refractivity contribution in [3.8, 4) is 0 Å². The van der Waals surface area contributed by atoms with E-state index in [4.69, 9.17) is 10.5 Å². The molecular formula is C29H46N6O7. The Bertz CT molecular complexity index is 1170. The van der Waals surface area contributed by atoms with Gasteiger partial charge in [-0.2, -0.15) is 0 Å². The summed E-state index contributed by atoms with van der Waals surface area (Å²) in [6.07, 6.45) is 3.87. The quantitative estimate of drug-likeness (QED) is 0.306. The lowest BCUT2D eigenvalue weighted by atomic mass is 9.80. The van der Waals surface area contributed by atoms with Gasteiger partial charge in [-0.15, -0.1) is 0 Å². The van der Waals surface area contributed by atoms with E-state index in [0.717, 1.165) is 19.3 Å². The van der Waals surface area contributed by atoms with Gasteiger partial charge in [-0.3, -0.25) is 19.2 Å². The van der Waals surface area contributed by atoms with E-state index in [9.17, 15) is 28.8 Å². The molecule has 13 nitrogen and oxygen atoms in total. The van der Waals surface area contributed by atoms with Crippen LogP contribution < -0.4 is 21.7 Å². The smallest absolute Gasteiger partial charge is 0.410 e. The number of hydrogen-bond donors (Lipinski definition) is 4. The number of nitrogens with zero attached hydrogens (tertiary/aromatic N) is 2. The van der Waals surface area contributed by atoms with E-state index < -0.39 is 75.8 Å². The second-order valence-corrected chi connectivity index (χ2v) is 14.6. The first-order valence-corrected chi connectivity index (χ1v) is 14.8. The first-order valence-electron chi connectivity index (χ1n) is 14.8. The van der Waals surface area contributed by atoms with Gasteiger partial charge in [0.25, 0.3) is 5.91 Å². The van der Waals surface area contributed by atoms with E-state index in [-0.39, 0.29) is 25.3 Å². The Hall–Kier alpha value is -3.38. The number of ketones is 1. The molecule has 2 saturated heterocycles. The van der Waals surface area contributed by atoms with Crippen molar-refractivity contribution in [2.45, 2.75) is 121 Å². The molecule has 4 aliphatic rings. The summed E-state index contributed by atoms with van der Waals surface area (Å²) in [6, 6.07) is -3.81. The van der Waals surface area contributed by atoms with Crippen molar-refractivity contribution >= 4 is 35.6 Å². The van der Waals surface area contributed by atoms with Crippen molar-refractivity contribution in [3.05, 3.63) is 0 Å². The number of primary amides is 1. The molecular weight excluding hydrogens is 544 g/mol. The molecule has 2 saturated carbocycles. The van der Waals surface area contributed by atoms with E-state index in [1.165, 1.54) is 4.90 Å². The van der Waals surface area contributed by atoms with E-state index in [2.05, 4.69) is 16.0 Å². The van der Waals surface area contributed by atoms with Crippen LogP contribution in [0.15, 0.2) is 0 Å². The number of nitrogens with two attached hydrogens (primary N) is 1. The number of urea groups is 1. The number of carbonyl (C=O) groups is 6. The normalized spacial score (nSPS) is 26.4. The van der Waals surface area contributed by atoms with Crippen LogP contribution in [0.3, 0.4) is 0 Å². The summed E-state index contributed by atoms with van der Waals surface area (Å²) < 4.78 is 5.93. The summed E-state index contributed by atoms with van der Waals surface area (Å²) in [4.78, 5) is 81.3. The summed E-state index contributed by atoms with van der Waals surface area (Å²) in [5, 5.41) is 8.31. The zero-order valence-corrected chi connectivity index (χ0v) is 25.8. The lowest BCUT2D eigenvalue weighted by molar-refractivity contribution is -0.143. The van der Waals surface area contributed by atoms with Crippen molar-refractivity contribution in [1.82, 2.24) is 25.8 Å². The van der Waals surface area contributed by atoms with Crippen molar-refractivity contribution in [1.29, 1.82) is 0 Å². The maximum atomic E-state index is 14.3. The molecule has 4 fully saturated rings. The predicted molar refractivity (Wildman–Crippen MR) is 152 cm³/mol. The molecule has 13 heteroatoms. The Labute approximate surface area is 247 Å². The SMILES string of the molecule is CN1C(=O)OC2(C[C@@H](C(=O)NC(CC3CCC3)C(=O)C(N)=O)N(C(=O)[C@@H](NC(=O)NC(C)(C)C)C(C)(C)C)C2)C12CC2. The van der Waals surface area contributed by atoms with Crippen molar-refractivity contribution in [3.63, 3.8) is 0 Å². The van der Waals surface area contributed by atoms with Gasteiger partial charge in [0.15, 0.2) is 5.60 Å². The van der Waals surface area contributed by atoms with Gasteiger partial charge in [0.2, 0.25) is 17.6 Å². The minimum atomic E-state index is -1.14. The molecule has 42 heavy (non-hydrogen) atoms. The number of rotatable bonds is 8. The second-order valence-electron chi connectivity index (χ2n) is 14.6. The van der Waals surface area contributed by atoms with Gasteiger partial charge in [0, 0.05) is 19.0 Å². The lowest BCUT2D eigenvalue weighted by Crippen LogP contribution is -2.61. The molecule has 0 aromatic heterocycles. The van der Waals surface area contributed by atoms with Crippen molar-refractivity contribution < 1.29 is 33.5 Å². The Morgan fingerprint density at radius 1 is 1.05 bits per heavy atom. The van der Waals surface area contributed by atoms with Crippen LogP contribution in [0, 0.1) is 11.3 Å². The molecule has 2 aliphatic heterocycles. The predicted octanol–water partition coefficient (Wildman–Crippen LogP) is 1.18. The fourth-order valence-corrected chi connectivity index (χ4v) is 6.52. The molecule has 2 unspecified atom stereocenters. The second kappa shape index (κ2) is 10.7. The number of carbonyl (C=O) groups excluding carboxylic acids is 6. The van der Waals surface area contributed by atoms with Gasteiger partial charge < -0.3 is 36.2 Å². The van der Waals surface area contributed by atoms with Gasteiger partial charge in [-0.05, 0) is 51.4 Å². The molecule has 4 rings (SSSR count). The number of ether oxygens (including phenoxy) is 1. The first-order chi connectivity index (χ1) is 19.3. The average Bonchev–Trinajstić information content (AvgIpc) is 3.52. The van der Waals surface area contributed by atoms with E-state index >= 15 is 0 Å². The highest BCUT2D eigenvalue weighted by molar-refractivity contribution is 6.37. The van der Waals surface area contributed by atoms with Gasteiger partial charge in [0.1, 0.15) is 12.1 Å². The van der Waals surface area contributed by atoms with E-state index in [1.54, 1.807) is 32.7 Å². The van der Waals surface area contributed by atoms with E-state index in [1.807, 2.05) is 20.8 Å². The van der Waals surface area contributed by atoms with Gasteiger partial charge in [-0.1, -0.05) is 40.0 Å². The molecule has 0 aromatic rings. The summed E-state index contributed by atoms with van der Waals surface area (Å²) in [5.74, 6) is -2.99. The van der Waals surface area contributed by atoms with Crippen molar-refractivity contribution in [2.24, 2.45) is 17.1 Å². The third-order valence-corrected chi connectivity index (χ3v) is 9.23. The Morgan fingerprint density at radius 3 is 2.14 bits per heavy atom. The minimum Gasteiger partial charge on any atom is -0.438 e. The lowest BCUT2D eigenvalue weighted by Gasteiger charge is -2.37. The highest BCUT2D eigenvalue weighted by Crippen LogP contribution is 2.59. The minimum absolute atomic E-state index is 0.0205. The Balaban J connectivity index is 1.66. The van der Waals surface area contributed by atoms with Crippen LogP contribution >= 0.6 is 0 Å². The molecule has 4 atom stereocenters. The highest BCUT2D eigenvalue weighted by Gasteiger charge is 2.74. The van der Waals surface area contributed by atoms with E-state index in [0.29, 0.717) is 12.8 Å². The molecule has 0 radical (unpaired) electrons. The van der Waals surface area contributed by atoms with Crippen LogP contribution in [0.25, 0.3) is 0 Å². The number of fused-ring (bicyclic) bond motifs is 1. The first kappa shape index (κ1) is 31.6. The van der Waals surface area contributed by atoms with Crippen LogP contribution in [0.1, 0.15) is 86.5 Å². The molecule has 0 bridgehead atoms. The third kappa shape index (κ3) is 5.92. The molecule has 5 N–H and O–H groups in total. The number of likely N-dealkylation sites (N-methyl/N-ethyl adjacent to an activating group) is 1. The number of hydrogen-bond acceptors (Lipinski definition) is 7. The molecule has 2 spiro atoms. The van der Waals surface area contributed by atoms with Gasteiger partial charge in [0.05, 0.1) is 18.1 Å². The summed E-state index contributed by atoms with van der Waals surface area (Å²) in [6.45, 7) is 10.8. The fourth-order valence-electron chi connectivity index (χ4n) is 6.52. The fraction of sp³-hybridized carbons (Fsp3) is 0.793. The number of Topliss-reactive ketones (excluding diaryl/α,β-unsaturated/α-hetero) is 1. The highest BCUT2D eigenvalue weighted by atomic mass is 16.6. The van der Waals surface area contributed by atoms with Crippen LogP contribution in [0.4, 0.5) is 9.59 Å². The maximum Gasteiger partial charge on any atom is 0.410 e. The molecule has 0 aromatic carbocycles. The Morgan fingerprint density at radius 2 is 1.67 bits per heavy atom. The van der Waals surface area contributed by atoms with Crippen LogP contribution in [-0.2, 0) is 23.9 Å². The van der Waals surface area contributed by atoms with Crippen LogP contribution in [-0.4, -0.2) is 93.8 Å². The van der Waals surface area contributed by atoms with Gasteiger partial charge >= 0.3 is 12.1 Å². The Kier molecular flexibility index (Phi) is 8.05. The number of likely N-dealkylation sites (tertiary alicyclic amines) is 1. The molecule has 234 valence electrons. The topological polar surface area (TPSA) is 180 Å². The monoisotopic (exact) mass is 590 g/mol. The van der Waals surface area contributed by atoms with Crippen molar-refractivity contribution in [2.75, 3.05) is 13.6 Å². The zero-order valence-electron chi connectivity index (χ0n) is 25.8. The maximum absolute atomic E-state index is 14.3.